The second-order valence-corrected chi connectivity index (χ2v) is 13.6. The summed E-state index contributed by atoms with van der Waals surface area (Å²) in [5.41, 5.74) is -0.121. The zero-order valence-corrected chi connectivity index (χ0v) is 25.6. The van der Waals surface area contributed by atoms with Crippen LogP contribution in [0.4, 0.5) is 15.0 Å². The van der Waals surface area contributed by atoms with E-state index in [1.807, 2.05) is 26.8 Å². The molecular weight excluding hydrogens is 656 g/mol. The van der Waals surface area contributed by atoms with E-state index in [0.29, 0.717) is 41.4 Å². The molecule has 0 unspecified atom stereocenters. The fourth-order valence-electron chi connectivity index (χ4n) is 5.53. The van der Waals surface area contributed by atoms with E-state index in [9.17, 15) is 4.79 Å². The number of ether oxygens (including phenoxy) is 2. The molecule has 4 heterocycles. The van der Waals surface area contributed by atoms with Crippen LogP contribution in [0.3, 0.4) is 0 Å². The summed E-state index contributed by atoms with van der Waals surface area (Å²) in [6.45, 7) is 10.2. The minimum Gasteiger partial charge on any atom is -0.462 e. The molecule has 0 aliphatic carbocycles. The predicted octanol–water partition coefficient (Wildman–Crippen LogP) is 5.45. The van der Waals surface area contributed by atoms with Crippen LogP contribution in [-0.4, -0.2) is 83.9 Å². The molecule has 0 N–H and O–H groups in total. The van der Waals surface area contributed by atoms with Gasteiger partial charge in [0.1, 0.15) is 23.5 Å². The largest absolute Gasteiger partial charge is 0.462 e. The van der Waals surface area contributed by atoms with Crippen molar-refractivity contribution in [1.82, 2.24) is 19.8 Å². The molecule has 1 atom stereocenters. The number of hydrogen-bond donors (Lipinski definition) is 0. The first-order valence-corrected chi connectivity index (χ1v) is 14.7. The summed E-state index contributed by atoms with van der Waals surface area (Å²) in [6.07, 6.45) is 3.83. The monoisotopic (exact) mass is 689 g/mol. The summed E-state index contributed by atoms with van der Waals surface area (Å²) in [6, 6.07) is 2.47. The summed E-state index contributed by atoms with van der Waals surface area (Å²) < 4.78 is 28.1. The van der Waals surface area contributed by atoms with Crippen LogP contribution >= 0.6 is 38.5 Å². The Bertz CT molecular complexity index is 1190. The van der Waals surface area contributed by atoms with Crippen LogP contribution in [-0.2, 0) is 4.74 Å². The van der Waals surface area contributed by atoms with Gasteiger partial charge in [-0.15, -0.1) is 0 Å². The molecule has 1 spiro atoms. The van der Waals surface area contributed by atoms with Gasteiger partial charge in [-0.05, 0) is 105 Å². The Morgan fingerprint density at radius 3 is 2.57 bits per heavy atom. The molecule has 0 radical (unpaired) electrons. The van der Waals surface area contributed by atoms with Crippen molar-refractivity contribution < 1.29 is 18.7 Å². The van der Waals surface area contributed by atoms with Crippen LogP contribution in [0.15, 0.2) is 10.5 Å². The maximum Gasteiger partial charge on any atom is 0.410 e. The number of halogens is 3. The first-order valence-electron chi connectivity index (χ1n) is 12.9. The van der Waals surface area contributed by atoms with Gasteiger partial charge in [0.25, 0.3) is 0 Å². The lowest BCUT2D eigenvalue weighted by molar-refractivity contribution is -0.0434. The van der Waals surface area contributed by atoms with Gasteiger partial charge < -0.3 is 24.2 Å². The number of anilines is 1. The number of amides is 1. The zero-order valence-electron chi connectivity index (χ0n) is 21.8. The van der Waals surface area contributed by atoms with Gasteiger partial charge in [0.2, 0.25) is 0 Å². The first kappa shape index (κ1) is 27.1. The third-order valence-corrected chi connectivity index (χ3v) is 10.1. The van der Waals surface area contributed by atoms with E-state index in [-0.39, 0.29) is 23.0 Å². The van der Waals surface area contributed by atoms with Gasteiger partial charge in [-0.1, -0.05) is 0 Å². The van der Waals surface area contributed by atoms with E-state index < -0.39 is 11.4 Å². The van der Waals surface area contributed by atoms with E-state index in [4.69, 9.17) is 14.5 Å². The molecule has 11 heteroatoms. The number of fused-ring (bicyclic) bond motifs is 1. The molecule has 1 aromatic carbocycles. The van der Waals surface area contributed by atoms with Gasteiger partial charge in [-0.3, -0.25) is 0 Å². The smallest absolute Gasteiger partial charge is 0.410 e. The second-order valence-electron chi connectivity index (χ2n) is 11.6. The van der Waals surface area contributed by atoms with Crippen LogP contribution in [0, 0.1) is 14.8 Å². The highest BCUT2D eigenvalue weighted by Gasteiger charge is 2.48. The lowest BCUT2D eigenvalue weighted by Gasteiger charge is -2.53. The molecule has 3 fully saturated rings. The SMILES string of the molecule is CN1CCC[C@H]1COc1nc(N2CCC3(CC2)CN(C(=O)OC(C)(C)C)C3)c2cc(I)c(Br)c(F)c2n1. The van der Waals surface area contributed by atoms with Gasteiger partial charge in [0.15, 0.2) is 5.82 Å². The van der Waals surface area contributed by atoms with Crippen LogP contribution in [0.1, 0.15) is 46.5 Å². The number of rotatable bonds is 4. The third-order valence-electron chi connectivity index (χ3n) is 7.69. The number of benzene rings is 1. The van der Waals surface area contributed by atoms with Gasteiger partial charge in [0, 0.05) is 46.6 Å². The van der Waals surface area contributed by atoms with Gasteiger partial charge in [0.05, 0.1) is 4.47 Å². The van der Waals surface area contributed by atoms with E-state index in [2.05, 4.69) is 60.4 Å². The highest BCUT2D eigenvalue weighted by Crippen LogP contribution is 2.43. The fourth-order valence-corrected chi connectivity index (χ4v) is 6.38. The topological polar surface area (TPSA) is 71.0 Å². The average molecular weight is 690 g/mol. The van der Waals surface area contributed by atoms with E-state index >= 15 is 4.39 Å². The molecule has 3 aliphatic heterocycles. The Balaban J connectivity index is 1.34. The standard InChI is InChI=1S/C26H34BrFIN5O3/c1-25(2,3)37-24(35)34-14-26(15-34)7-10-33(11-8-26)22-17-12-18(29)19(27)20(28)21(17)30-23(31-22)36-13-16-6-5-9-32(16)4/h12,16H,5-11,13-15H2,1-4H3/t16-/m0/s1. The Morgan fingerprint density at radius 1 is 1.24 bits per heavy atom. The number of carbonyl (C=O) groups is 1. The molecular formula is C26H34BrFIN5O3. The summed E-state index contributed by atoms with van der Waals surface area (Å²) in [7, 11) is 2.10. The first-order chi connectivity index (χ1) is 17.4. The molecule has 3 saturated heterocycles. The third kappa shape index (κ3) is 5.63. The van der Waals surface area contributed by atoms with Crippen molar-refractivity contribution in [1.29, 1.82) is 0 Å². The number of nitrogens with zero attached hydrogens (tertiary/aromatic N) is 5. The Morgan fingerprint density at radius 2 is 1.95 bits per heavy atom. The molecule has 2 aromatic rings. The molecule has 0 bridgehead atoms. The molecule has 0 saturated carbocycles. The van der Waals surface area contributed by atoms with Gasteiger partial charge >= 0.3 is 12.1 Å². The minimum atomic E-state index is -0.494. The van der Waals surface area contributed by atoms with E-state index in [1.54, 1.807) is 4.90 Å². The number of carbonyl (C=O) groups excluding carboxylic acids is 1. The lowest BCUT2D eigenvalue weighted by atomic mass is 9.72. The Kier molecular flexibility index (Phi) is 7.51. The second kappa shape index (κ2) is 10.3. The van der Waals surface area contributed by atoms with Crippen LogP contribution in [0.5, 0.6) is 6.01 Å². The van der Waals surface area contributed by atoms with Crippen molar-refractivity contribution in [3.05, 3.63) is 19.9 Å². The van der Waals surface area contributed by atoms with Crippen molar-refractivity contribution in [2.45, 2.75) is 58.1 Å². The summed E-state index contributed by atoms with van der Waals surface area (Å²) in [5, 5.41) is 0.690. The molecule has 8 nitrogen and oxygen atoms in total. The Hall–Kier alpha value is -1.47. The highest BCUT2D eigenvalue weighted by molar-refractivity contribution is 14.1. The quantitative estimate of drug-likeness (QED) is 0.313. The number of hydrogen-bond acceptors (Lipinski definition) is 7. The van der Waals surface area contributed by atoms with E-state index in [1.165, 1.54) is 0 Å². The van der Waals surface area contributed by atoms with Crippen molar-refractivity contribution in [2.75, 3.05) is 51.3 Å². The molecule has 37 heavy (non-hydrogen) atoms. The highest BCUT2D eigenvalue weighted by atomic mass is 127. The predicted molar refractivity (Wildman–Crippen MR) is 153 cm³/mol. The molecule has 3 aliphatic rings. The maximum atomic E-state index is 15.3. The number of aromatic nitrogens is 2. The van der Waals surface area contributed by atoms with Crippen molar-refractivity contribution >= 4 is 61.3 Å². The van der Waals surface area contributed by atoms with E-state index in [0.717, 1.165) is 48.9 Å². The number of likely N-dealkylation sites (N-methyl/N-ethyl adjacent to an activating group) is 1. The van der Waals surface area contributed by atoms with Crippen LogP contribution < -0.4 is 9.64 Å². The van der Waals surface area contributed by atoms with Gasteiger partial charge in [-0.2, -0.15) is 9.97 Å². The fraction of sp³-hybridized carbons (Fsp3) is 0.654. The normalized spacial score (nSPS) is 22.0. The summed E-state index contributed by atoms with van der Waals surface area (Å²) in [5.74, 6) is 0.316. The van der Waals surface area contributed by atoms with Crippen molar-refractivity contribution in [2.24, 2.45) is 5.41 Å². The molecule has 1 amide bonds. The van der Waals surface area contributed by atoms with Crippen molar-refractivity contribution in [3.63, 3.8) is 0 Å². The number of likely N-dealkylation sites (tertiary alicyclic amines) is 2. The van der Waals surface area contributed by atoms with Gasteiger partial charge in [-0.25, -0.2) is 9.18 Å². The summed E-state index contributed by atoms with van der Waals surface area (Å²) >= 11 is 5.50. The van der Waals surface area contributed by atoms with Crippen molar-refractivity contribution in [3.8, 4) is 6.01 Å². The average Bonchev–Trinajstić information content (AvgIpc) is 3.23. The molecule has 5 rings (SSSR count). The zero-order chi connectivity index (χ0) is 26.5. The Labute approximate surface area is 239 Å². The lowest BCUT2D eigenvalue weighted by Crippen LogP contribution is -2.62. The maximum absolute atomic E-state index is 15.3. The summed E-state index contributed by atoms with van der Waals surface area (Å²) in [4.78, 5) is 28.0. The molecule has 202 valence electrons. The van der Waals surface area contributed by atoms with Crippen LogP contribution in [0.2, 0.25) is 0 Å². The van der Waals surface area contributed by atoms with Crippen LogP contribution in [0.25, 0.3) is 10.9 Å². The number of piperidine rings is 1. The molecule has 1 aromatic heterocycles. The minimum absolute atomic E-state index is 0.103.